The maximum Gasteiger partial charge on any atom is 0.222 e. The molecule has 1 aliphatic heterocycles. The number of rotatable bonds is 6. The number of methoxy groups -OCH3 is 1. The monoisotopic (exact) mass is 228 g/mol. The Hall–Kier alpha value is -0.610. The molecular weight excluding hydrogens is 204 g/mol. The van der Waals surface area contributed by atoms with E-state index in [-0.39, 0.29) is 5.91 Å². The van der Waals surface area contributed by atoms with E-state index < -0.39 is 0 Å². The Labute approximate surface area is 98.1 Å². The number of hydrogen-bond acceptors (Lipinski definition) is 3. The molecule has 1 aliphatic rings. The van der Waals surface area contributed by atoms with Crippen molar-refractivity contribution in [1.82, 2.24) is 10.6 Å². The summed E-state index contributed by atoms with van der Waals surface area (Å²) in [6.07, 6.45) is 4.18. The summed E-state index contributed by atoms with van der Waals surface area (Å²) >= 11 is 0. The molecule has 94 valence electrons. The SMILES string of the molecule is CCC1CCCNC1CNC(=O)CCOC. The molecule has 0 spiro atoms. The highest BCUT2D eigenvalue weighted by molar-refractivity contribution is 5.75. The Balaban J connectivity index is 2.21. The highest BCUT2D eigenvalue weighted by atomic mass is 16.5. The number of piperidine rings is 1. The zero-order chi connectivity index (χ0) is 11.8. The molecule has 2 unspecified atom stereocenters. The lowest BCUT2D eigenvalue weighted by molar-refractivity contribution is -0.122. The van der Waals surface area contributed by atoms with E-state index in [0.29, 0.717) is 25.0 Å². The molecule has 4 heteroatoms. The van der Waals surface area contributed by atoms with Crippen molar-refractivity contribution in [3.63, 3.8) is 0 Å². The molecule has 1 rings (SSSR count). The summed E-state index contributed by atoms with van der Waals surface area (Å²) in [5, 5.41) is 6.46. The lowest BCUT2D eigenvalue weighted by atomic mass is 9.88. The summed E-state index contributed by atoms with van der Waals surface area (Å²) < 4.78 is 4.87. The van der Waals surface area contributed by atoms with Gasteiger partial charge in [0.05, 0.1) is 6.61 Å². The molecule has 16 heavy (non-hydrogen) atoms. The smallest absolute Gasteiger partial charge is 0.222 e. The van der Waals surface area contributed by atoms with Gasteiger partial charge >= 0.3 is 0 Å². The zero-order valence-electron chi connectivity index (χ0n) is 10.4. The lowest BCUT2D eigenvalue weighted by Crippen LogP contribution is -2.48. The average Bonchev–Trinajstić information content (AvgIpc) is 2.34. The molecular formula is C12H24N2O2. The van der Waals surface area contributed by atoms with Crippen LogP contribution in [0.5, 0.6) is 0 Å². The summed E-state index contributed by atoms with van der Waals surface area (Å²) in [7, 11) is 1.61. The second kappa shape index (κ2) is 7.63. The number of carbonyl (C=O) groups is 1. The Kier molecular flexibility index (Phi) is 6.42. The van der Waals surface area contributed by atoms with Crippen molar-refractivity contribution in [2.45, 2.75) is 38.6 Å². The van der Waals surface area contributed by atoms with Gasteiger partial charge in [0.25, 0.3) is 0 Å². The lowest BCUT2D eigenvalue weighted by Gasteiger charge is -2.32. The van der Waals surface area contributed by atoms with Gasteiger partial charge in [-0.05, 0) is 25.3 Å². The van der Waals surface area contributed by atoms with Gasteiger partial charge < -0.3 is 15.4 Å². The van der Waals surface area contributed by atoms with Gasteiger partial charge in [-0.25, -0.2) is 0 Å². The normalized spacial score (nSPS) is 25.4. The van der Waals surface area contributed by atoms with E-state index in [4.69, 9.17) is 4.74 Å². The molecule has 2 N–H and O–H groups in total. The Bertz CT molecular complexity index is 209. The predicted molar refractivity (Wildman–Crippen MR) is 64.3 cm³/mol. The van der Waals surface area contributed by atoms with Gasteiger partial charge in [-0.1, -0.05) is 13.3 Å². The quantitative estimate of drug-likeness (QED) is 0.710. The van der Waals surface area contributed by atoms with E-state index in [9.17, 15) is 4.79 Å². The van der Waals surface area contributed by atoms with Crippen LogP contribution in [0.25, 0.3) is 0 Å². The fourth-order valence-electron chi connectivity index (χ4n) is 2.25. The minimum absolute atomic E-state index is 0.0871. The van der Waals surface area contributed by atoms with Crippen molar-refractivity contribution >= 4 is 5.91 Å². The summed E-state index contributed by atoms with van der Waals surface area (Å²) in [5.41, 5.74) is 0. The maximum absolute atomic E-state index is 11.4. The average molecular weight is 228 g/mol. The number of nitrogens with one attached hydrogen (secondary N) is 2. The van der Waals surface area contributed by atoms with Crippen molar-refractivity contribution in [3.05, 3.63) is 0 Å². The van der Waals surface area contributed by atoms with E-state index in [2.05, 4.69) is 17.6 Å². The van der Waals surface area contributed by atoms with E-state index in [1.54, 1.807) is 7.11 Å². The van der Waals surface area contributed by atoms with Gasteiger partial charge in [0, 0.05) is 26.1 Å². The van der Waals surface area contributed by atoms with Crippen molar-refractivity contribution in [2.24, 2.45) is 5.92 Å². The fourth-order valence-corrected chi connectivity index (χ4v) is 2.25. The van der Waals surface area contributed by atoms with Crippen LogP contribution < -0.4 is 10.6 Å². The predicted octanol–water partition coefficient (Wildman–Crippen LogP) is 0.917. The van der Waals surface area contributed by atoms with Gasteiger partial charge in [-0.2, -0.15) is 0 Å². The van der Waals surface area contributed by atoms with Crippen molar-refractivity contribution < 1.29 is 9.53 Å². The molecule has 0 saturated carbocycles. The second-order valence-corrected chi connectivity index (χ2v) is 4.42. The highest BCUT2D eigenvalue weighted by Crippen LogP contribution is 2.19. The largest absolute Gasteiger partial charge is 0.384 e. The number of carbonyl (C=O) groups excluding carboxylic acids is 1. The van der Waals surface area contributed by atoms with E-state index in [1.807, 2.05) is 0 Å². The molecule has 0 aliphatic carbocycles. The summed E-state index contributed by atoms with van der Waals surface area (Å²) in [5.74, 6) is 0.792. The standard InChI is InChI=1S/C12H24N2O2/c1-3-10-5-4-7-13-11(10)9-14-12(15)6-8-16-2/h10-11,13H,3-9H2,1-2H3,(H,14,15). The molecule has 2 atom stereocenters. The van der Waals surface area contributed by atoms with E-state index >= 15 is 0 Å². The summed E-state index contributed by atoms with van der Waals surface area (Å²) in [6, 6.07) is 0.449. The topological polar surface area (TPSA) is 50.4 Å². The number of hydrogen-bond donors (Lipinski definition) is 2. The first-order valence-corrected chi connectivity index (χ1v) is 6.27. The van der Waals surface area contributed by atoms with E-state index in [1.165, 1.54) is 19.3 Å². The van der Waals surface area contributed by atoms with Gasteiger partial charge in [-0.3, -0.25) is 4.79 Å². The molecule has 4 nitrogen and oxygen atoms in total. The van der Waals surface area contributed by atoms with Crippen LogP contribution in [0.2, 0.25) is 0 Å². The molecule has 0 aromatic heterocycles. The van der Waals surface area contributed by atoms with Crippen LogP contribution in [-0.2, 0) is 9.53 Å². The molecule has 1 amide bonds. The van der Waals surface area contributed by atoms with Crippen LogP contribution in [-0.4, -0.2) is 38.8 Å². The Morgan fingerprint density at radius 1 is 1.56 bits per heavy atom. The summed E-state index contributed by atoms with van der Waals surface area (Å²) in [6.45, 7) is 4.55. The van der Waals surface area contributed by atoms with Crippen LogP contribution in [0.4, 0.5) is 0 Å². The minimum atomic E-state index is 0.0871. The molecule has 1 heterocycles. The third-order valence-corrected chi connectivity index (χ3v) is 3.30. The molecule has 1 saturated heterocycles. The Morgan fingerprint density at radius 2 is 2.38 bits per heavy atom. The third kappa shape index (κ3) is 4.49. The number of amides is 1. The van der Waals surface area contributed by atoms with Gasteiger partial charge in [0.2, 0.25) is 5.91 Å². The molecule has 0 aromatic rings. The van der Waals surface area contributed by atoms with Crippen LogP contribution in [0.15, 0.2) is 0 Å². The molecule has 0 radical (unpaired) electrons. The third-order valence-electron chi connectivity index (χ3n) is 3.30. The van der Waals surface area contributed by atoms with Gasteiger partial charge in [0.15, 0.2) is 0 Å². The van der Waals surface area contributed by atoms with Gasteiger partial charge in [-0.15, -0.1) is 0 Å². The fraction of sp³-hybridized carbons (Fsp3) is 0.917. The van der Waals surface area contributed by atoms with Gasteiger partial charge in [0.1, 0.15) is 0 Å². The number of ether oxygens (including phenoxy) is 1. The van der Waals surface area contributed by atoms with Crippen LogP contribution >= 0.6 is 0 Å². The first-order chi connectivity index (χ1) is 7.77. The first-order valence-electron chi connectivity index (χ1n) is 6.27. The second-order valence-electron chi connectivity index (χ2n) is 4.42. The van der Waals surface area contributed by atoms with Crippen LogP contribution in [0, 0.1) is 5.92 Å². The van der Waals surface area contributed by atoms with Crippen molar-refractivity contribution in [3.8, 4) is 0 Å². The maximum atomic E-state index is 11.4. The molecule has 1 fully saturated rings. The zero-order valence-corrected chi connectivity index (χ0v) is 10.4. The summed E-state index contributed by atoms with van der Waals surface area (Å²) in [4.78, 5) is 11.4. The van der Waals surface area contributed by atoms with Crippen molar-refractivity contribution in [2.75, 3.05) is 26.8 Å². The molecule has 0 bridgehead atoms. The minimum Gasteiger partial charge on any atom is -0.384 e. The highest BCUT2D eigenvalue weighted by Gasteiger charge is 2.23. The van der Waals surface area contributed by atoms with Crippen LogP contribution in [0.1, 0.15) is 32.6 Å². The molecule has 0 aromatic carbocycles. The Morgan fingerprint density at radius 3 is 3.06 bits per heavy atom. The first kappa shape index (κ1) is 13.5. The van der Waals surface area contributed by atoms with Crippen molar-refractivity contribution in [1.29, 1.82) is 0 Å². The van der Waals surface area contributed by atoms with E-state index in [0.717, 1.165) is 13.1 Å². The van der Waals surface area contributed by atoms with Crippen LogP contribution in [0.3, 0.4) is 0 Å².